The molecule has 0 bridgehead atoms. The van der Waals surface area contributed by atoms with E-state index >= 15 is 0 Å². The number of amides is 2. The zero-order valence-corrected chi connectivity index (χ0v) is 24.8. The largest absolute Gasteiger partial charge is 0.476 e. The number of aromatic nitrogens is 2. The van der Waals surface area contributed by atoms with E-state index in [0.717, 1.165) is 39.9 Å². The van der Waals surface area contributed by atoms with Crippen molar-refractivity contribution < 1.29 is 24.0 Å². The van der Waals surface area contributed by atoms with Gasteiger partial charge in [-0.2, -0.15) is 0 Å². The van der Waals surface area contributed by atoms with Gasteiger partial charge in [-0.05, 0) is 42.0 Å². The van der Waals surface area contributed by atoms with E-state index in [9.17, 15) is 14.7 Å². The molecule has 0 saturated carbocycles. The van der Waals surface area contributed by atoms with Crippen molar-refractivity contribution in [1.29, 1.82) is 0 Å². The highest BCUT2D eigenvalue weighted by atomic mass is 79.9. The maximum absolute atomic E-state index is 13.7. The van der Waals surface area contributed by atoms with Gasteiger partial charge in [-0.15, -0.1) is 11.3 Å². The predicted molar refractivity (Wildman–Crippen MR) is 153 cm³/mol. The number of carbonyl (C=O) groups is 2. The van der Waals surface area contributed by atoms with Gasteiger partial charge in [-0.1, -0.05) is 54.0 Å². The molecule has 2 amide bonds. The second-order valence-corrected chi connectivity index (χ2v) is 11.8. The van der Waals surface area contributed by atoms with Crippen LogP contribution in [0.4, 0.5) is 0 Å². The molecule has 9 nitrogen and oxygen atoms in total. The number of nitrogens with one attached hydrogen (secondary N) is 1. The number of thiazole rings is 1. The quantitative estimate of drug-likeness (QED) is 0.223. The summed E-state index contributed by atoms with van der Waals surface area (Å²) >= 11 is 4.99. The number of unbranched alkanes of at least 4 members (excludes halogenated alkanes) is 1. The Hall–Kier alpha value is -2.76. The fourth-order valence-electron chi connectivity index (χ4n) is 4.74. The van der Waals surface area contributed by atoms with Gasteiger partial charge in [0.05, 0.1) is 28.8 Å². The van der Waals surface area contributed by atoms with Crippen molar-refractivity contribution in [1.82, 2.24) is 20.4 Å². The summed E-state index contributed by atoms with van der Waals surface area (Å²) in [6, 6.07) is 8.85. The third-order valence-corrected chi connectivity index (χ3v) is 8.36. The molecule has 1 aliphatic heterocycles. The molecule has 0 radical (unpaired) electrons. The minimum Gasteiger partial charge on any atom is -0.476 e. The number of halogens is 1. The van der Waals surface area contributed by atoms with Crippen LogP contribution in [0.3, 0.4) is 0 Å². The minimum atomic E-state index is -0.775. The maximum Gasteiger partial charge on any atom is 0.254 e. The lowest BCUT2D eigenvalue weighted by molar-refractivity contribution is -0.141. The summed E-state index contributed by atoms with van der Waals surface area (Å²) in [5.74, 6) is -0.603. The van der Waals surface area contributed by atoms with Crippen LogP contribution in [0, 0.1) is 12.8 Å². The molecule has 2 N–H and O–H groups in total. The number of nitrogens with zero attached hydrogens (tertiary/aromatic N) is 3. The van der Waals surface area contributed by atoms with Crippen LogP contribution in [0.2, 0.25) is 0 Å². The Labute approximate surface area is 241 Å². The summed E-state index contributed by atoms with van der Waals surface area (Å²) < 4.78 is 11.2. The summed E-state index contributed by atoms with van der Waals surface area (Å²) in [5, 5.41) is 18.2. The summed E-state index contributed by atoms with van der Waals surface area (Å²) in [6.45, 7) is 6.73. The third-order valence-electron chi connectivity index (χ3n) is 6.82. The van der Waals surface area contributed by atoms with E-state index < -0.39 is 18.1 Å². The number of hydrogen-bond donors (Lipinski definition) is 2. The van der Waals surface area contributed by atoms with Gasteiger partial charge < -0.3 is 24.6 Å². The van der Waals surface area contributed by atoms with Crippen LogP contribution in [-0.2, 0) is 16.1 Å². The van der Waals surface area contributed by atoms with Crippen molar-refractivity contribution in [2.75, 3.05) is 18.5 Å². The third kappa shape index (κ3) is 7.26. The Kier molecular flexibility index (Phi) is 10.1. The van der Waals surface area contributed by atoms with Gasteiger partial charge in [0.1, 0.15) is 12.0 Å². The molecule has 1 saturated heterocycles. The Morgan fingerprint density at radius 2 is 2.05 bits per heavy atom. The number of aliphatic hydroxyl groups excluding tert-OH is 1. The molecule has 1 aromatic carbocycles. The Morgan fingerprint density at radius 3 is 2.72 bits per heavy atom. The molecule has 1 fully saturated rings. The molecule has 1 aliphatic rings. The van der Waals surface area contributed by atoms with Gasteiger partial charge in [-0.25, -0.2) is 4.98 Å². The fraction of sp³-hybridized carbons (Fsp3) is 0.500. The maximum atomic E-state index is 13.7. The number of carbonyl (C=O) groups excluding carboxylic acids is 2. The smallest absolute Gasteiger partial charge is 0.254 e. The second-order valence-electron chi connectivity index (χ2n) is 10.1. The normalized spacial score (nSPS) is 17.9. The van der Waals surface area contributed by atoms with Crippen LogP contribution in [0.15, 0.2) is 40.4 Å². The topological polar surface area (TPSA) is 118 Å². The SMILES string of the molecule is Cc1ncsc1-c1ccc(CNC(=O)[C@@H]2C[C@@H](O)CN2C(=O)C(c2cc(OCCCCBr)no2)C(C)C)cc1. The Bertz CT molecular complexity index is 1240. The minimum absolute atomic E-state index is 0.0904. The first-order valence-electron chi connectivity index (χ1n) is 13.2. The molecule has 2 aromatic heterocycles. The summed E-state index contributed by atoms with van der Waals surface area (Å²) in [5.41, 5.74) is 4.84. The summed E-state index contributed by atoms with van der Waals surface area (Å²) in [7, 11) is 0. The van der Waals surface area contributed by atoms with Crippen LogP contribution < -0.4 is 10.1 Å². The van der Waals surface area contributed by atoms with Gasteiger partial charge >= 0.3 is 0 Å². The number of aryl methyl sites for hydroxylation is 1. The van der Waals surface area contributed by atoms with Crippen molar-refractivity contribution in [2.45, 2.75) is 64.6 Å². The first kappa shape index (κ1) is 29.2. The number of benzene rings is 1. The number of rotatable bonds is 12. The van der Waals surface area contributed by atoms with E-state index in [-0.39, 0.29) is 30.7 Å². The van der Waals surface area contributed by atoms with Crippen LogP contribution in [0.5, 0.6) is 5.88 Å². The number of ether oxygens (including phenoxy) is 1. The average molecular weight is 620 g/mol. The van der Waals surface area contributed by atoms with Crippen LogP contribution in [0.25, 0.3) is 10.4 Å². The van der Waals surface area contributed by atoms with Gasteiger partial charge in [0.15, 0.2) is 5.76 Å². The lowest BCUT2D eigenvalue weighted by Gasteiger charge is -2.28. The molecule has 3 atom stereocenters. The number of aliphatic hydroxyl groups is 1. The average Bonchev–Trinajstić information content (AvgIpc) is 3.65. The second kappa shape index (κ2) is 13.5. The Balaban J connectivity index is 1.40. The highest BCUT2D eigenvalue weighted by molar-refractivity contribution is 9.09. The van der Waals surface area contributed by atoms with Gasteiger partial charge in [-0.3, -0.25) is 9.59 Å². The zero-order valence-electron chi connectivity index (χ0n) is 22.4. The highest BCUT2D eigenvalue weighted by Crippen LogP contribution is 2.32. The van der Waals surface area contributed by atoms with Crippen LogP contribution in [-0.4, -0.2) is 62.6 Å². The van der Waals surface area contributed by atoms with Crippen LogP contribution >= 0.6 is 27.3 Å². The van der Waals surface area contributed by atoms with Gasteiger partial charge in [0, 0.05) is 30.9 Å². The van der Waals surface area contributed by atoms with E-state index in [0.29, 0.717) is 24.8 Å². The van der Waals surface area contributed by atoms with Gasteiger partial charge in [0.2, 0.25) is 11.8 Å². The van der Waals surface area contributed by atoms with Crippen LogP contribution in [0.1, 0.15) is 56.0 Å². The fourth-order valence-corrected chi connectivity index (χ4v) is 5.95. The van der Waals surface area contributed by atoms with Crippen molar-refractivity contribution in [3.63, 3.8) is 0 Å². The van der Waals surface area contributed by atoms with Crippen molar-refractivity contribution in [2.24, 2.45) is 5.92 Å². The van der Waals surface area contributed by atoms with E-state index in [1.165, 1.54) is 4.90 Å². The summed E-state index contributed by atoms with van der Waals surface area (Å²) in [6.07, 6.45) is 1.27. The lowest BCUT2D eigenvalue weighted by atomic mass is 9.91. The number of β-amino-alcohol motifs (C(OH)–C–C–N with tert-alkyl or cyclic N) is 1. The molecule has 1 unspecified atom stereocenters. The molecule has 3 aromatic rings. The lowest BCUT2D eigenvalue weighted by Crippen LogP contribution is -2.48. The van der Waals surface area contributed by atoms with E-state index in [1.54, 1.807) is 17.4 Å². The van der Waals surface area contributed by atoms with Gasteiger partial charge in [0.25, 0.3) is 5.88 Å². The molecular formula is C28H35BrN4O5S. The molecule has 0 spiro atoms. The van der Waals surface area contributed by atoms with E-state index in [4.69, 9.17) is 9.26 Å². The summed E-state index contributed by atoms with van der Waals surface area (Å²) in [4.78, 5) is 33.8. The molecule has 11 heteroatoms. The van der Waals surface area contributed by atoms with Crippen molar-refractivity contribution in [3.8, 4) is 16.3 Å². The standard InChI is InChI=1S/C28H35BrN4O5S/c1-17(2)25(23-13-24(32-38-23)37-11-5-4-10-29)28(36)33-15-21(34)12-22(33)27(35)30-14-19-6-8-20(9-7-19)26-18(3)31-16-39-26/h6-9,13,16-17,21-22,25,34H,4-5,10-12,14-15H2,1-3H3,(H,30,35)/t21-,22+,25?/m1/s1. The number of alkyl halides is 1. The first-order valence-corrected chi connectivity index (χ1v) is 15.2. The Morgan fingerprint density at radius 1 is 1.28 bits per heavy atom. The first-order chi connectivity index (χ1) is 18.8. The molecule has 0 aliphatic carbocycles. The predicted octanol–water partition coefficient (Wildman–Crippen LogP) is 4.68. The number of likely N-dealkylation sites (tertiary alicyclic amines) is 1. The molecular weight excluding hydrogens is 584 g/mol. The zero-order chi connectivity index (χ0) is 27.9. The molecule has 210 valence electrons. The highest BCUT2D eigenvalue weighted by Gasteiger charge is 2.43. The van der Waals surface area contributed by atoms with Crippen molar-refractivity contribution in [3.05, 3.63) is 52.9 Å². The molecule has 3 heterocycles. The monoisotopic (exact) mass is 618 g/mol. The van der Waals surface area contributed by atoms with Crippen molar-refractivity contribution >= 4 is 39.1 Å². The molecule has 39 heavy (non-hydrogen) atoms. The van der Waals surface area contributed by atoms with E-state index in [2.05, 4.69) is 31.4 Å². The number of hydrogen-bond acceptors (Lipinski definition) is 8. The molecule has 4 rings (SSSR count). The van der Waals surface area contributed by atoms with E-state index in [1.807, 2.05) is 50.5 Å².